The number of benzene rings is 1. The lowest BCUT2D eigenvalue weighted by Gasteiger charge is -2.31. The van der Waals surface area contributed by atoms with Crippen molar-refractivity contribution in [1.29, 1.82) is 0 Å². The van der Waals surface area contributed by atoms with Gasteiger partial charge in [0.2, 0.25) is 5.91 Å². The first-order valence-corrected chi connectivity index (χ1v) is 7.10. The predicted molar refractivity (Wildman–Crippen MR) is 79.0 cm³/mol. The van der Waals surface area contributed by atoms with Gasteiger partial charge < -0.3 is 10.4 Å². The van der Waals surface area contributed by atoms with E-state index < -0.39 is 11.4 Å². The highest BCUT2D eigenvalue weighted by atomic mass is 35.5. The molecule has 0 aliphatic rings. The third-order valence-corrected chi connectivity index (χ3v) is 3.91. The van der Waals surface area contributed by atoms with E-state index in [0.29, 0.717) is 17.9 Å². The highest BCUT2D eigenvalue weighted by Gasteiger charge is 2.36. The maximum Gasteiger partial charge on any atom is 0.305 e. The molecule has 1 aromatic rings. The van der Waals surface area contributed by atoms with Crippen molar-refractivity contribution < 1.29 is 14.7 Å². The van der Waals surface area contributed by atoms with E-state index in [-0.39, 0.29) is 18.9 Å². The molecule has 0 fully saturated rings. The molecular formula is C15H20ClNO3. The van der Waals surface area contributed by atoms with Crippen molar-refractivity contribution in [1.82, 2.24) is 5.32 Å². The molecule has 1 amide bonds. The van der Waals surface area contributed by atoms with Crippen molar-refractivity contribution in [3.8, 4) is 0 Å². The van der Waals surface area contributed by atoms with Crippen LogP contribution >= 0.6 is 11.6 Å². The summed E-state index contributed by atoms with van der Waals surface area (Å²) in [4.78, 5) is 23.0. The Hall–Kier alpha value is -1.55. The van der Waals surface area contributed by atoms with Crippen molar-refractivity contribution in [3.63, 3.8) is 0 Å². The quantitative estimate of drug-likeness (QED) is 0.813. The topological polar surface area (TPSA) is 66.4 Å². The summed E-state index contributed by atoms with van der Waals surface area (Å²) in [6, 6.07) is 7.24. The summed E-state index contributed by atoms with van der Waals surface area (Å²) >= 11 is 5.88. The van der Waals surface area contributed by atoms with Gasteiger partial charge in [0.25, 0.3) is 0 Å². The third-order valence-electron chi connectivity index (χ3n) is 3.66. The molecule has 4 nitrogen and oxygen atoms in total. The molecule has 0 atom stereocenters. The number of rotatable bonds is 7. The minimum atomic E-state index is -0.921. The van der Waals surface area contributed by atoms with E-state index in [1.54, 1.807) is 12.1 Å². The van der Waals surface area contributed by atoms with Gasteiger partial charge in [-0.15, -0.1) is 0 Å². The zero-order valence-corrected chi connectivity index (χ0v) is 12.5. The van der Waals surface area contributed by atoms with Gasteiger partial charge in [0.05, 0.1) is 11.8 Å². The number of carboxylic acid groups (broad SMARTS) is 1. The second kappa shape index (κ2) is 7.29. The van der Waals surface area contributed by atoms with Gasteiger partial charge in [-0.2, -0.15) is 0 Å². The second-order valence-electron chi connectivity index (χ2n) is 4.70. The van der Waals surface area contributed by atoms with E-state index in [0.717, 1.165) is 5.56 Å². The maximum absolute atomic E-state index is 12.5. The molecule has 1 aromatic carbocycles. The van der Waals surface area contributed by atoms with Crippen LogP contribution in [0.15, 0.2) is 24.3 Å². The monoisotopic (exact) mass is 297 g/mol. The maximum atomic E-state index is 12.5. The Balaban J connectivity index is 2.93. The predicted octanol–water partition coefficient (Wildman–Crippen LogP) is 2.99. The number of aliphatic carboxylic acids is 1. The molecular weight excluding hydrogens is 278 g/mol. The van der Waals surface area contributed by atoms with Gasteiger partial charge in [-0.3, -0.25) is 9.59 Å². The van der Waals surface area contributed by atoms with Crippen LogP contribution in [0.2, 0.25) is 5.02 Å². The van der Waals surface area contributed by atoms with Crippen molar-refractivity contribution in [2.24, 2.45) is 0 Å². The SMILES string of the molecule is CCC(CC)(C(=O)NCCC(=O)O)c1ccc(Cl)cc1. The Kier molecular flexibility index (Phi) is 6.02. The number of hydrogen-bond donors (Lipinski definition) is 2. The number of halogens is 1. The summed E-state index contributed by atoms with van der Waals surface area (Å²) in [6.07, 6.45) is 1.21. The van der Waals surface area contributed by atoms with Crippen molar-refractivity contribution in [2.75, 3.05) is 6.54 Å². The van der Waals surface area contributed by atoms with E-state index in [9.17, 15) is 9.59 Å². The summed E-state index contributed by atoms with van der Waals surface area (Å²) in [5.74, 6) is -1.05. The van der Waals surface area contributed by atoms with Gasteiger partial charge in [0.1, 0.15) is 0 Å². The number of hydrogen-bond acceptors (Lipinski definition) is 2. The average molecular weight is 298 g/mol. The fraction of sp³-hybridized carbons (Fsp3) is 0.467. The molecule has 0 bridgehead atoms. The minimum absolute atomic E-state index is 0.0735. The Morgan fingerprint density at radius 3 is 2.20 bits per heavy atom. The number of nitrogens with one attached hydrogen (secondary N) is 1. The van der Waals surface area contributed by atoms with E-state index >= 15 is 0 Å². The molecule has 20 heavy (non-hydrogen) atoms. The first-order chi connectivity index (χ1) is 9.46. The highest BCUT2D eigenvalue weighted by Crippen LogP contribution is 2.32. The molecule has 2 N–H and O–H groups in total. The van der Waals surface area contributed by atoms with Crippen LogP contribution < -0.4 is 5.32 Å². The molecule has 0 unspecified atom stereocenters. The smallest absolute Gasteiger partial charge is 0.305 e. The molecule has 0 saturated carbocycles. The third kappa shape index (κ3) is 3.73. The molecule has 0 saturated heterocycles. The first-order valence-electron chi connectivity index (χ1n) is 6.72. The molecule has 1 rings (SSSR count). The summed E-state index contributed by atoms with van der Waals surface area (Å²) in [7, 11) is 0. The molecule has 110 valence electrons. The zero-order chi connectivity index (χ0) is 15.2. The van der Waals surface area contributed by atoms with Gasteiger partial charge in [-0.1, -0.05) is 37.6 Å². The summed E-state index contributed by atoms with van der Waals surface area (Å²) in [5, 5.41) is 12.0. The van der Waals surface area contributed by atoms with Crippen molar-refractivity contribution >= 4 is 23.5 Å². The summed E-state index contributed by atoms with van der Waals surface area (Å²) < 4.78 is 0. The van der Waals surface area contributed by atoms with Gasteiger partial charge in [-0.25, -0.2) is 0 Å². The number of carbonyl (C=O) groups excluding carboxylic acids is 1. The molecule has 5 heteroatoms. The van der Waals surface area contributed by atoms with Crippen LogP contribution in [-0.4, -0.2) is 23.5 Å². The van der Waals surface area contributed by atoms with Crippen LogP contribution in [0.4, 0.5) is 0 Å². The lowest BCUT2D eigenvalue weighted by Crippen LogP contribution is -2.44. The van der Waals surface area contributed by atoms with Gasteiger partial charge in [0.15, 0.2) is 0 Å². The van der Waals surface area contributed by atoms with E-state index in [1.165, 1.54) is 0 Å². The molecule has 0 aliphatic carbocycles. The van der Waals surface area contributed by atoms with E-state index in [1.807, 2.05) is 26.0 Å². The Bertz CT molecular complexity index is 467. The van der Waals surface area contributed by atoms with E-state index in [2.05, 4.69) is 5.32 Å². The van der Waals surface area contributed by atoms with Crippen LogP contribution in [0.1, 0.15) is 38.7 Å². The Morgan fingerprint density at radius 1 is 1.20 bits per heavy atom. The molecule has 0 aliphatic heterocycles. The molecule has 0 radical (unpaired) electrons. The van der Waals surface area contributed by atoms with Gasteiger partial charge >= 0.3 is 5.97 Å². The van der Waals surface area contributed by atoms with Crippen LogP contribution in [-0.2, 0) is 15.0 Å². The fourth-order valence-electron chi connectivity index (χ4n) is 2.33. The minimum Gasteiger partial charge on any atom is -0.481 e. The van der Waals surface area contributed by atoms with Crippen molar-refractivity contribution in [3.05, 3.63) is 34.9 Å². The summed E-state index contributed by atoms with van der Waals surface area (Å²) in [6.45, 7) is 4.05. The van der Waals surface area contributed by atoms with Crippen LogP contribution in [0.5, 0.6) is 0 Å². The first kappa shape index (κ1) is 16.5. The number of carbonyl (C=O) groups is 2. The van der Waals surface area contributed by atoms with Crippen LogP contribution in [0.3, 0.4) is 0 Å². The summed E-state index contributed by atoms with van der Waals surface area (Å²) in [5.41, 5.74) is 0.267. The lowest BCUT2D eigenvalue weighted by atomic mass is 9.75. The normalized spacial score (nSPS) is 11.2. The Morgan fingerprint density at radius 2 is 1.75 bits per heavy atom. The fourth-order valence-corrected chi connectivity index (χ4v) is 2.46. The van der Waals surface area contributed by atoms with Crippen molar-refractivity contribution in [2.45, 2.75) is 38.5 Å². The van der Waals surface area contributed by atoms with Gasteiger partial charge in [-0.05, 0) is 30.5 Å². The van der Waals surface area contributed by atoms with E-state index in [4.69, 9.17) is 16.7 Å². The van der Waals surface area contributed by atoms with Crippen LogP contribution in [0.25, 0.3) is 0 Å². The number of carboxylic acids is 1. The second-order valence-corrected chi connectivity index (χ2v) is 5.13. The van der Waals surface area contributed by atoms with Gasteiger partial charge in [0, 0.05) is 11.6 Å². The number of amides is 1. The highest BCUT2D eigenvalue weighted by molar-refractivity contribution is 6.30. The zero-order valence-electron chi connectivity index (χ0n) is 11.8. The standard InChI is InChI=1S/C15H20ClNO3/c1-3-15(4-2,11-5-7-12(16)8-6-11)14(20)17-10-9-13(18)19/h5-8H,3-4,9-10H2,1-2H3,(H,17,20)(H,18,19). The van der Waals surface area contributed by atoms with Crippen LogP contribution in [0, 0.1) is 0 Å². The molecule has 0 aromatic heterocycles. The Labute approximate surface area is 124 Å². The average Bonchev–Trinajstić information content (AvgIpc) is 2.42. The largest absolute Gasteiger partial charge is 0.481 e. The lowest BCUT2D eigenvalue weighted by molar-refractivity contribution is -0.137. The molecule has 0 spiro atoms. The molecule has 0 heterocycles.